The summed E-state index contributed by atoms with van der Waals surface area (Å²) < 4.78 is 32.2. The number of unbranched alkanes of at least 4 members (excludes halogenated alkanes) is 9. The maximum absolute atomic E-state index is 10.4. The zero-order valence-corrected chi connectivity index (χ0v) is 20.5. The van der Waals surface area contributed by atoms with Gasteiger partial charge in [0.15, 0.2) is 0 Å². The van der Waals surface area contributed by atoms with Crippen LogP contribution in [0.25, 0.3) is 0 Å². The van der Waals surface area contributed by atoms with Crippen molar-refractivity contribution in [2.24, 2.45) is 0 Å². The number of nitrogens with zero attached hydrogens (tertiary/aromatic N) is 1. The Labute approximate surface area is 185 Å². The van der Waals surface area contributed by atoms with Crippen LogP contribution >= 0.6 is 11.6 Å². The lowest BCUT2D eigenvalue weighted by Gasteiger charge is -2.28. The average molecular weight is 448 g/mol. The molecule has 4 nitrogen and oxygen atoms in total. The van der Waals surface area contributed by atoms with E-state index in [9.17, 15) is 13.0 Å². The van der Waals surface area contributed by atoms with Gasteiger partial charge in [0.25, 0.3) is 0 Å². The van der Waals surface area contributed by atoms with Crippen molar-refractivity contribution in [3.63, 3.8) is 0 Å². The van der Waals surface area contributed by atoms with Crippen molar-refractivity contribution in [3.8, 4) is 0 Å². The molecule has 0 fully saturated rings. The minimum atomic E-state index is -4.27. The molecule has 0 spiro atoms. The highest BCUT2D eigenvalue weighted by atomic mass is 35.5. The van der Waals surface area contributed by atoms with Gasteiger partial charge in [-0.2, -0.15) is 0 Å². The number of quaternary nitrogens is 1. The molecule has 0 bridgehead atoms. The molecule has 1 aromatic carbocycles. The molecule has 0 aliphatic heterocycles. The van der Waals surface area contributed by atoms with Crippen LogP contribution in [-0.4, -0.2) is 50.5 Å². The SMILES string of the molecule is CCCCCCCCCCCC[N+](C)(C)CCCl.Cc1ccc(S(=O)(=O)[O-])cc1. The molecule has 0 saturated carbocycles. The second-order valence-corrected chi connectivity index (χ2v) is 10.3. The highest BCUT2D eigenvalue weighted by molar-refractivity contribution is 7.85. The topological polar surface area (TPSA) is 57.2 Å². The van der Waals surface area contributed by atoms with Crippen molar-refractivity contribution in [2.75, 3.05) is 33.1 Å². The van der Waals surface area contributed by atoms with Gasteiger partial charge in [-0.25, -0.2) is 8.42 Å². The largest absolute Gasteiger partial charge is 0.744 e. The number of benzene rings is 1. The fourth-order valence-corrected chi connectivity index (χ4v) is 4.00. The van der Waals surface area contributed by atoms with Gasteiger partial charge in [0, 0.05) is 0 Å². The van der Waals surface area contributed by atoms with Crippen LogP contribution in [0.2, 0.25) is 0 Å². The van der Waals surface area contributed by atoms with Crippen LogP contribution in [0.4, 0.5) is 0 Å². The van der Waals surface area contributed by atoms with E-state index in [1.165, 1.54) is 82.9 Å². The summed E-state index contributed by atoms with van der Waals surface area (Å²) in [4.78, 5) is -0.178. The number of rotatable bonds is 14. The molecule has 170 valence electrons. The summed E-state index contributed by atoms with van der Waals surface area (Å²) in [6.07, 6.45) is 14.2. The number of halogens is 1. The Kier molecular flexibility index (Phi) is 15.8. The van der Waals surface area contributed by atoms with Crippen LogP contribution in [-0.2, 0) is 10.1 Å². The van der Waals surface area contributed by atoms with E-state index in [-0.39, 0.29) is 4.90 Å². The molecular formula is C23H42ClNO3S. The molecule has 1 aromatic rings. The van der Waals surface area contributed by atoms with Gasteiger partial charge in [-0.05, 0) is 31.9 Å². The maximum atomic E-state index is 10.4. The van der Waals surface area contributed by atoms with Gasteiger partial charge in [-0.3, -0.25) is 0 Å². The zero-order valence-electron chi connectivity index (χ0n) is 19.0. The standard InChI is InChI=1S/C16H35ClN.C7H8O3S/c1-4-5-6-7-8-9-10-11-12-13-15-18(2,3)16-14-17;1-6-2-4-7(5-3-6)11(8,9)10/h4-16H2,1-3H3;2-5H,1H3,(H,8,9,10)/q+1;/p-1. The minimum absolute atomic E-state index is 0.178. The van der Waals surface area contributed by atoms with E-state index in [1.54, 1.807) is 12.1 Å². The Morgan fingerprint density at radius 1 is 0.828 bits per heavy atom. The number of hydrogen-bond donors (Lipinski definition) is 0. The van der Waals surface area contributed by atoms with E-state index in [1.807, 2.05) is 6.92 Å². The normalized spacial score (nSPS) is 11.8. The van der Waals surface area contributed by atoms with Crippen LogP contribution in [0, 0.1) is 6.92 Å². The highest BCUT2D eigenvalue weighted by Gasteiger charge is 2.12. The molecule has 0 aliphatic carbocycles. The fourth-order valence-electron chi connectivity index (χ4n) is 3.07. The minimum Gasteiger partial charge on any atom is -0.744 e. The van der Waals surface area contributed by atoms with Crippen LogP contribution < -0.4 is 0 Å². The molecule has 0 N–H and O–H groups in total. The monoisotopic (exact) mass is 447 g/mol. The molecule has 0 aliphatic rings. The third kappa shape index (κ3) is 16.8. The highest BCUT2D eigenvalue weighted by Crippen LogP contribution is 2.12. The van der Waals surface area contributed by atoms with Gasteiger partial charge in [0.05, 0.1) is 38.0 Å². The molecule has 0 aromatic heterocycles. The summed E-state index contributed by atoms with van der Waals surface area (Å²) in [5.74, 6) is 0.783. The first-order chi connectivity index (χ1) is 13.6. The van der Waals surface area contributed by atoms with Crippen LogP contribution in [0.1, 0.15) is 76.7 Å². The Morgan fingerprint density at radius 2 is 1.28 bits per heavy atom. The van der Waals surface area contributed by atoms with Gasteiger partial charge in [-0.1, -0.05) is 76.0 Å². The van der Waals surface area contributed by atoms with Crippen LogP contribution in [0.5, 0.6) is 0 Å². The molecule has 1 rings (SSSR count). The second-order valence-electron chi connectivity index (χ2n) is 8.52. The Morgan fingerprint density at radius 3 is 1.69 bits per heavy atom. The molecular weight excluding hydrogens is 406 g/mol. The van der Waals surface area contributed by atoms with E-state index >= 15 is 0 Å². The molecule has 0 amide bonds. The van der Waals surface area contributed by atoms with Crippen molar-refractivity contribution in [1.82, 2.24) is 0 Å². The molecule has 0 unspecified atom stereocenters. The molecule has 0 saturated heterocycles. The van der Waals surface area contributed by atoms with Gasteiger partial charge in [0.1, 0.15) is 10.1 Å². The number of hydrogen-bond acceptors (Lipinski definition) is 3. The first-order valence-corrected chi connectivity index (χ1v) is 13.0. The third-order valence-corrected chi connectivity index (χ3v) is 6.14. The Bertz CT molecular complexity index is 616. The zero-order chi connectivity index (χ0) is 22.2. The average Bonchev–Trinajstić information content (AvgIpc) is 2.63. The summed E-state index contributed by atoms with van der Waals surface area (Å²) in [7, 11) is 0.306. The summed E-state index contributed by atoms with van der Waals surface area (Å²) in [6.45, 7) is 6.48. The van der Waals surface area contributed by atoms with Crippen molar-refractivity contribution in [1.29, 1.82) is 0 Å². The number of aryl methyl sites for hydroxylation is 1. The van der Waals surface area contributed by atoms with E-state index in [4.69, 9.17) is 11.6 Å². The predicted octanol–water partition coefficient (Wildman–Crippen LogP) is 6.12. The molecule has 0 atom stereocenters. The summed E-state index contributed by atoms with van der Waals surface area (Å²) in [6, 6.07) is 5.78. The third-order valence-electron chi connectivity index (χ3n) is 5.12. The molecule has 29 heavy (non-hydrogen) atoms. The van der Waals surface area contributed by atoms with Crippen molar-refractivity contribution in [2.45, 2.75) is 83.0 Å². The summed E-state index contributed by atoms with van der Waals surface area (Å²) in [5, 5.41) is 0. The van der Waals surface area contributed by atoms with Gasteiger partial charge >= 0.3 is 0 Å². The second kappa shape index (κ2) is 16.1. The molecule has 6 heteroatoms. The van der Waals surface area contributed by atoms with Gasteiger partial charge < -0.3 is 9.04 Å². The van der Waals surface area contributed by atoms with E-state index < -0.39 is 10.1 Å². The van der Waals surface area contributed by atoms with Crippen LogP contribution in [0.15, 0.2) is 29.2 Å². The first-order valence-electron chi connectivity index (χ1n) is 11.0. The van der Waals surface area contributed by atoms with Gasteiger partial charge in [-0.15, -0.1) is 11.6 Å². The Balaban J connectivity index is 0.000000604. The summed E-state index contributed by atoms with van der Waals surface area (Å²) >= 11 is 5.80. The lowest BCUT2D eigenvalue weighted by Crippen LogP contribution is -2.41. The predicted molar refractivity (Wildman–Crippen MR) is 124 cm³/mol. The smallest absolute Gasteiger partial charge is 0.124 e. The Hall–Kier alpha value is -0.620. The van der Waals surface area contributed by atoms with Gasteiger partial charge in [0.2, 0.25) is 0 Å². The summed E-state index contributed by atoms with van der Waals surface area (Å²) in [5.41, 5.74) is 0.928. The van der Waals surface area contributed by atoms with Crippen LogP contribution in [0.3, 0.4) is 0 Å². The van der Waals surface area contributed by atoms with E-state index in [0.29, 0.717) is 0 Å². The lowest BCUT2D eigenvalue weighted by atomic mass is 10.1. The van der Waals surface area contributed by atoms with Crippen molar-refractivity contribution in [3.05, 3.63) is 29.8 Å². The fraction of sp³-hybridized carbons (Fsp3) is 0.739. The van der Waals surface area contributed by atoms with Crippen molar-refractivity contribution < 1.29 is 17.5 Å². The van der Waals surface area contributed by atoms with E-state index in [0.717, 1.165) is 22.5 Å². The lowest BCUT2D eigenvalue weighted by molar-refractivity contribution is -0.888. The quantitative estimate of drug-likeness (QED) is 0.149. The number of alkyl halides is 1. The van der Waals surface area contributed by atoms with E-state index in [2.05, 4.69) is 21.0 Å². The molecule has 0 radical (unpaired) electrons. The maximum Gasteiger partial charge on any atom is 0.124 e. The first kappa shape index (κ1) is 28.4. The van der Waals surface area contributed by atoms with Crippen molar-refractivity contribution >= 4 is 21.7 Å². The molecule has 0 heterocycles.